The molecule has 0 unspecified atom stereocenters. The van der Waals surface area contributed by atoms with Crippen LogP contribution in [-0.2, 0) is 16.1 Å². The quantitative estimate of drug-likeness (QED) is 0.880. The molecule has 7 heteroatoms. The highest BCUT2D eigenvalue weighted by Gasteiger charge is 2.49. The number of rotatable bonds is 3. The Kier molecular flexibility index (Phi) is 5.12. The number of nitrogens with zero attached hydrogens (tertiary/aromatic N) is 2. The van der Waals surface area contributed by atoms with Gasteiger partial charge in [-0.3, -0.25) is 14.7 Å². The third kappa shape index (κ3) is 3.77. The summed E-state index contributed by atoms with van der Waals surface area (Å²) < 4.78 is 33.1. The average molecular weight is 387 g/mol. The minimum atomic E-state index is -0.882. The second kappa shape index (κ2) is 7.56. The van der Waals surface area contributed by atoms with Crippen LogP contribution >= 0.6 is 0 Å². The first-order chi connectivity index (χ1) is 13.4. The molecule has 2 atom stereocenters. The van der Waals surface area contributed by atoms with Gasteiger partial charge in [-0.15, -0.1) is 0 Å². The summed E-state index contributed by atoms with van der Waals surface area (Å²) in [6.45, 7) is 4.39. The minimum Gasteiger partial charge on any atom is -0.378 e. The van der Waals surface area contributed by atoms with Gasteiger partial charge in [-0.1, -0.05) is 12.1 Å². The number of pyridine rings is 1. The lowest BCUT2D eigenvalue weighted by Gasteiger charge is -2.34. The maximum atomic E-state index is 13.9. The van der Waals surface area contributed by atoms with E-state index in [1.807, 2.05) is 25.1 Å². The van der Waals surface area contributed by atoms with Crippen molar-refractivity contribution in [2.24, 2.45) is 0 Å². The summed E-state index contributed by atoms with van der Waals surface area (Å²) in [4.78, 5) is 19.0. The van der Waals surface area contributed by atoms with Crippen LogP contribution in [0.15, 0.2) is 36.4 Å². The number of ether oxygens (including phenoxy) is 1. The fraction of sp³-hybridized carbons (Fsp3) is 0.429. The van der Waals surface area contributed by atoms with E-state index in [0.717, 1.165) is 17.5 Å². The van der Waals surface area contributed by atoms with Crippen molar-refractivity contribution < 1.29 is 18.3 Å². The van der Waals surface area contributed by atoms with E-state index in [1.54, 1.807) is 6.07 Å². The molecule has 5 nitrogen and oxygen atoms in total. The summed E-state index contributed by atoms with van der Waals surface area (Å²) in [5.41, 5.74) is 1.85. The van der Waals surface area contributed by atoms with Crippen LogP contribution in [0.4, 0.5) is 8.78 Å². The highest BCUT2D eigenvalue weighted by atomic mass is 19.2. The molecule has 1 amide bonds. The predicted octanol–water partition coefficient (Wildman–Crippen LogP) is 2.54. The number of hydrogen-bond donors (Lipinski definition) is 1. The van der Waals surface area contributed by atoms with Crippen LogP contribution in [0.1, 0.15) is 29.3 Å². The Balaban J connectivity index is 1.66. The number of halogens is 2. The van der Waals surface area contributed by atoms with Crippen LogP contribution < -0.4 is 5.32 Å². The van der Waals surface area contributed by atoms with Crippen molar-refractivity contribution in [1.82, 2.24) is 15.2 Å². The second-order valence-corrected chi connectivity index (χ2v) is 7.67. The molecule has 2 fully saturated rings. The van der Waals surface area contributed by atoms with Crippen molar-refractivity contribution in [2.45, 2.75) is 31.3 Å². The van der Waals surface area contributed by atoms with Gasteiger partial charge >= 0.3 is 0 Å². The van der Waals surface area contributed by atoms with Gasteiger partial charge in [-0.2, -0.15) is 0 Å². The first-order valence-electron chi connectivity index (χ1n) is 9.44. The summed E-state index contributed by atoms with van der Waals surface area (Å²) in [5.74, 6) is -2.06. The Bertz CT molecular complexity index is 892. The fourth-order valence-electron chi connectivity index (χ4n) is 4.27. The van der Waals surface area contributed by atoms with Gasteiger partial charge in [0, 0.05) is 37.7 Å². The van der Waals surface area contributed by atoms with Crippen molar-refractivity contribution in [3.63, 3.8) is 0 Å². The molecule has 1 aromatic carbocycles. The van der Waals surface area contributed by atoms with Crippen LogP contribution in [0, 0.1) is 18.6 Å². The van der Waals surface area contributed by atoms with E-state index in [2.05, 4.69) is 15.2 Å². The number of aryl methyl sites for hydroxylation is 1. The predicted molar refractivity (Wildman–Crippen MR) is 99.7 cm³/mol. The molecule has 0 radical (unpaired) electrons. The van der Waals surface area contributed by atoms with Crippen LogP contribution in [0.5, 0.6) is 0 Å². The van der Waals surface area contributed by atoms with Gasteiger partial charge in [-0.25, -0.2) is 8.78 Å². The van der Waals surface area contributed by atoms with Crippen LogP contribution in [0.25, 0.3) is 0 Å². The molecule has 4 rings (SSSR count). The SMILES string of the molecule is Cc1cccc(CN2C[C@@H](c3ccc(F)c(F)c3)[C@@]3(COCCC(=O)N3)C2)n1. The molecule has 1 aromatic heterocycles. The number of benzene rings is 1. The van der Waals surface area contributed by atoms with Crippen LogP contribution in [-0.4, -0.2) is 47.6 Å². The largest absolute Gasteiger partial charge is 0.378 e. The van der Waals surface area contributed by atoms with E-state index in [-0.39, 0.29) is 11.8 Å². The molecule has 2 aliphatic rings. The molecule has 0 bridgehead atoms. The number of nitrogens with one attached hydrogen (secondary N) is 1. The number of aromatic nitrogens is 1. The zero-order chi connectivity index (χ0) is 19.7. The Hall–Kier alpha value is -2.38. The Morgan fingerprint density at radius 1 is 1.29 bits per heavy atom. The minimum absolute atomic E-state index is 0.0828. The Morgan fingerprint density at radius 2 is 2.14 bits per heavy atom. The summed E-state index contributed by atoms with van der Waals surface area (Å²) in [6, 6.07) is 9.84. The fourth-order valence-corrected chi connectivity index (χ4v) is 4.27. The summed E-state index contributed by atoms with van der Waals surface area (Å²) >= 11 is 0. The summed E-state index contributed by atoms with van der Waals surface area (Å²) in [5, 5.41) is 3.12. The molecule has 3 heterocycles. The van der Waals surface area contributed by atoms with E-state index in [0.29, 0.717) is 44.8 Å². The maximum absolute atomic E-state index is 13.9. The van der Waals surface area contributed by atoms with E-state index in [1.165, 1.54) is 6.07 Å². The van der Waals surface area contributed by atoms with Gasteiger partial charge in [0.1, 0.15) is 0 Å². The van der Waals surface area contributed by atoms with Gasteiger partial charge in [0.2, 0.25) is 5.91 Å². The topological polar surface area (TPSA) is 54.5 Å². The molecule has 0 aliphatic carbocycles. The molecular formula is C21H23F2N3O2. The van der Waals surface area contributed by atoms with Crippen molar-refractivity contribution >= 4 is 5.91 Å². The third-order valence-electron chi connectivity index (χ3n) is 5.51. The van der Waals surface area contributed by atoms with Gasteiger partial charge < -0.3 is 10.1 Å². The molecule has 148 valence electrons. The van der Waals surface area contributed by atoms with E-state index >= 15 is 0 Å². The van der Waals surface area contributed by atoms with Crippen molar-refractivity contribution in [2.75, 3.05) is 26.3 Å². The second-order valence-electron chi connectivity index (χ2n) is 7.67. The molecule has 0 saturated carbocycles. The number of carbonyl (C=O) groups excluding carboxylic acids is 1. The molecule has 1 N–H and O–H groups in total. The Labute approximate surface area is 162 Å². The highest BCUT2D eigenvalue weighted by molar-refractivity contribution is 5.77. The lowest BCUT2D eigenvalue weighted by atomic mass is 9.82. The maximum Gasteiger partial charge on any atom is 0.222 e. The average Bonchev–Trinajstić information content (AvgIpc) is 2.87. The van der Waals surface area contributed by atoms with E-state index < -0.39 is 17.2 Å². The molecule has 2 saturated heterocycles. The van der Waals surface area contributed by atoms with Gasteiger partial charge in [0.05, 0.1) is 24.4 Å². The number of amides is 1. The molecule has 1 spiro atoms. The molecule has 2 aromatic rings. The zero-order valence-electron chi connectivity index (χ0n) is 15.8. The monoisotopic (exact) mass is 387 g/mol. The highest BCUT2D eigenvalue weighted by Crippen LogP contribution is 2.38. The van der Waals surface area contributed by atoms with Gasteiger partial charge in [-0.05, 0) is 36.8 Å². The summed E-state index contributed by atoms with van der Waals surface area (Å²) in [7, 11) is 0. The number of hydrogen-bond acceptors (Lipinski definition) is 4. The standard InChI is InChI=1S/C21H23F2N3O2/c1-14-3-2-4-16(24-14)10-26-11-17(15-5-6-18(22)19(23)9-15)21(12-26)13-28-8-7-20(27)25-21/h2-6,9,17H,7-8,10-13H2,1H3,(H,25,27)/t17-,21-/m0/s1. The number of likely N-dealkylation sites (tertiary alicyclic amines) is 1. The van der Waals surface area contributed by atoms with Crippen molar-refractivity contribution in [3.8, 4) is 0 Å². The molecule has 28 heavy (non-hydrogen) atoms. The van der Waals surface area contributed by atoms with Crippen LogP contribution in [0.2, 0.25) is 0 Å². The third-order valence-corrected chi connectivity index (χ3v) is 5.51. The molecule has 2 aliphatic heterocycles. The molecular weight excluding hydrogens is 364 g/mol. The smallest absolute Gasteiger partial charge is 0.222 e. The lowest BCUT2D eigenvalue weighted by molar-refractivity contribution is -0.122. The summed E-state index contributed by atoms with van der Waals surface area (Å²) in [6.07, 6.45) is 0.297. The van der Waals surface area contributed by atoms with E-state index in [4.69, 9.17) is 4.74 Å². The van der Waals surface area contributed by atoms with Gasteiger partial charge in [0.25, 0.3) is 0 Å². The van der Waals surface area contributed by atoms with Gasteiger partial charge in [0.15, 0.2) is 11.6 Å². The van der Waals surface area contributed by atoms with Crippen LogP contribution in [0.3, 0.4) is 0 Å². The zero-order valence-corrected chi connectivity index (χ0v) is 15.8. The van der Waals surface area contributed by atoms with E-state index in [9.17, 15) is 13.6 Å². The normalized spacial score (nSPS) is 25.7. The number of carbonyl (C=O) groups is 1. The van der Waals surface area contributed by atoms with Crippen molar-refractivity contribution in [1.29, 1.82) is 0 Å². The first-order valence-corrected chi connectivity index (χ1v) is 9.44. The van der Waals surface area contributed by atoms with Crippen molar-refractivity contribution in [3.05, 3.63) is 65.0 Å². The lowest BCUT2D eigenvalue weighted by Crippen LogP contribution is -2.55. The Morgan fingerprint density at radius 3 is 2.93 bits per heavy atom. The first kappa shape index (κ1) is 19.0.